The van der Waals surface area contributed by atoms with E-state index in [1.54, 1.807) is 11.0 Å². The monoisotopic (exact) mass is 257 g/mol. The fourth-order valence-corrected chi connectivity index (χ4v) is 1.79. The maximum atomic E-state index is 5.96. The minimum atomic E-state index is 0.664. The molecular weight excluding hydrogens is 250 g/mol. The number of aromatic nitrogens is 5. The van der Waals surface area contributed by atoms with Crippen LogP contribution in [0.1, 0.15) is 0 Å². The molecule has 3 rings (SSSR count). The van der Waals surface area contributed by atoms with Gasteiger partial charge in [-0.2, -0.15) is 5.10 Å². The second-order valence-corrected chi connectivity index (χ2v) is 4.05. The van der Waals surface area contributed by atoms with E-state index in [2.05, 4.69) is 20.1 Å². The molecule has 0 aliphatic heterocycles. The lowest BCUT2D eigenvalue weighted by Gasteiger charge is -2.03. The van der Waals surface area contributed by atoms with Crippen molar-refractivity contribution in [3.63, 3.8) is 0 Å². The quantitative estimate of drug-likeness (QED) is 0.707. The van der Waals surface area contributed by atoms with Gasteiger partial charge < -0.3 is 0 Å². The summed E-state index contributed by atoms with van der Waals surface area (Å²) < 4.78 is 1.58. The van der Waals surface area contributed by atoms with E-state index < -0.39 is 0 Å². The standard InChI is InChI=1S/C12H8ClN5/c13-10-3-1-2-9(4-10)11-5-12(16-7-15-11)18-8-14-6-17-18/h1-8H. The summed E-state index contributed by atoms with van der Waals surface area (Å²) in [5.41, 5.74) is 1.73. The Hall–Kier alpha value is -2.27. The molecule has 1 aromatic carbocycles. The van der Waals surface area contributed by atoms with Crippen molar-refractivity contribution in [3.8, 4) is 17.1 Å². The molecule has 0 N–H and O–H groups in total. The number of rotatable bonds is 2. The molecule has 88 valence electrons. The van der Waals surface area contributed by atoms with E-state index in [9.17, 15) is 0 Å². The SMILES string of the molecule is Clc1cccc(-c2cc(-n3cncn3)ncn2)c1. The van der Waals surface area contributed by atoms with Gasteiger partial charge >= 0.3 is 0 Å². The molecule has 2 aromatic heterocycles. The van der Waals surface area contributed by atoms with Crippen molar-refractivity contribution in [1.29, 1.82) is 0 Å². The van der Waals surface area contributed by atoms with Crippen LogP contribution in [0.25, 0.3) is 17.1 Å². The zero-order valence-electron chi connectivity index (χ0n) is 9.23. The van der Waals surface area contributed by atoms with Gasteiger partial charge in [-0.3, -0.25) is 0 Å². The molecule has 0 radical (unpaired) electrons. The third-order valence-electron chi connectivity index (χ3n) is 2.43. The maximum Gasteiger partial charge on any atom is 0.159 e. The lowest BCUT2D eigenvalue weighted by atomic mass is 10.1. The number of halogens is 1. The van der Waals surface area contributed by atoms with E-state index in [1.807, 2.05) is 30.3 Å². The molecular formula is C12H8ClN5. The van der Waals surface area contributed by atoms with Crippen molar-refractivity contribution < 1.29 is 0 Å². The molecule has 2 heterocycles. The normalized spacial score (nSPS) is 10.5. The Labute approximate surface area is 108 Å². The first-order valence-corrected chi connectivity index (χ1v) is 5.64. The van der Waals surface area contributed by atoms with Crippen LogP contribution >= 0.6 is 11.6 Å². The second kappa shape index (κ2) is 4.54. The van der Waals surface area contributed by atoms with Gasteiger partial charge in [0.2, 0.25) is 0 Å². The Morgan fingerprint density at radius 2 is 2.00 bits per heavy atom. The summed E-state index contributed by atoms with van der Waals surface area (Å²) in [6.45, 7) is 0. The average molecular weight is 258 g/mol. The highest BCUT2D eigenvalue weighted by atomic mass is 35.5. The fourth-order valence-electron chi connectivity index (χ4n) is 1.60. The van der Waals surface area contributed by atoms with Gasteiger partial charge in [-0.25, -0.2) is 19.6 Å². The van der Waals surface area contributed by atoms with Crippen LogP contribution in [0.4, 0.5) is 0 Å². The first-order chi connectivity index (χ1) is 8.83. The Morgan fingerprint density at radius 3 is 2.78 bits per heavy atom. The van der Waals surface area contributed by atoms with Crippen molar-refractivity contribution in [2.45, 2.75) is 0 Å². The van der Waals surface area contributed by atoms with Crippen molar-refractivity contribution in [1.82, 2.24) is 24.7 Å². The first kappa shape index (κ1) is 10.9. The van der Waals surface area contributed by atoms with E-state index in [1.165, 1.54) is 12.7 Å². The lowest BCUT2D eigenvalue weighted by molar-refractivity contribution is 0.839. The molecule has 0 spiro atoms. The van der Waals surface area contributed by atoms with Crippen LogP contribution in [0.3, 0.4) is 0 Å². The van der Waals surface area contributed by atoms with Gasteiger partial charge in [0.05, 0.1) is 5.69 Å². The highest BCUT2D eigenvalue weighted by Gasteiger charge is 2.04. The first-order valence-electron chi connectivity index (χ1n) is 5.26. The summed E-state index contributed by atoms with van der Waals surface area (Å²) in [5.74, 6) is 0.664. The minimum absolute atomic E-state index is 0.664. The molecule has 0 unspecified atom stereocenters. The zero-order valence-corrected chi connectivity index (χ0v) is 9.99. The minimum Gasteiger partial charge on any atom is -0.236 e. The Bertz CT molecular complexity index is 666. The molecule has 0 saturated heterocycles. The van der Waals surface area contributed by atoms with Gasteiger partial charge in [0.15, 0.2) is 5.82 Å². The number of hydrogen-bond acceptors (Lipinski definition) is 4. The Balaban J connectivity index is 2.06. The predicted molar refractivity (Wildman–Crippen MR) is 67.4 cm³/mol. The summed E-state index contributed by atoms with van der Waals surface area (Å²) in [5, 5.41) is 4.70. The smallest absolute Gasteiger partial charge is 0.159 e. The van der Waals surface area contributed by atoms with Crippen LogP contribution in [0.15, 0.2) is 49.3 Å². The van der Waals surface area contributed by atoms with E-state index in [4.69, 9.17) is 11.6 Å². The molecule has 0 bridgehead atoms. The summed E-state index contributed by atoms with van der Waals surface area (Å²) in [6.07, 6.45) is 4.54. The van der Waals surface area contributed by atoms with Gasteiger partial charge in [0.1, 0.15) is 19.0 Å². The molecule has 0 saturated carbocycles. The molecule has 0 atom stereocenters. The largest absolute Gasteiger partial charge is 0.236 e. The highest BCUT2D eigenvalue weighted by molar-refractivity contribution is 6.30. The van der Waals surface area contributed by atoms with Gasteiger partial charge in [-0.1, -0.05) is 23.7 Å². The molecule has 6 heteroatoms. The maximum absolute atomic E-state index is 5.96. The van der Waals surface area contributed by atoms with Crippen molar-refractivity contribution in [2.75, 3.05) is 0 Å². The molecule has 18 heavy (non-hydrogen) atoms. The fraction of sp³-hybridized carbons (Fsp3) is 0. The molecule has 0 fully saturated rings. The van der Waals surface area contributed by atoms with Gasteiger partial charge in [-0.05, 0) is 12.1 Å². The van der Waals surface area contributed by atoms with Gasteiger partial charge in [0, 0.05) is 16.7 Å². The van der Waals surface area contributed by atoms with Crippen LogP contribution in [0, 0.1) is 0 Å². The summed E-state index contributed by atoms with van der Waals surface area (Å²) in [6, 6.07) is 9.34. The van der Waals surface area contributed by atoms with Crippen molar-refractivity contribution >= 4 is 11.6 Å². The van der Waals surface area contributed by atoms with E-state index in [0.29, 0.717) is 10.8 Å². The lowest BCUT2D eigenvalue weighted by Crippen LogP contribution is -1.99. The summed E-state index contributed by atoms with van der Waals surface area (Å²) in [7, 11) is 0. The topological polar surface area (TPSA) is 56.5 Å². The number of nitrogens with zero attached hydrogens (tertiary/aromatic N) is 5. The van der Waals surface area contributed by atoms with Gasteiger partial charge in [-0.15, -0.1) is 0 Å². The summed E-state index contributed by atoms with van der Waals surface area (Å²) >= 11 is 5.96. The van der Waals surface area contributed by atoms with Gasteiger partial charge in [0.25, 0.3) is 0 Å². The second-order valence-electron chi connectivity index (χ2n) is 3.61. The zero-order chi connectivity index (χ0) is 12.4. The van der Waals surface area contributed by atoms with Crippen LogP contribution < -0.4 is 0 Å². The van der Waals surface area contributed by atoms with E-state index >= 15 is 0 Å². The van der Waals surface area contributed by atoms with Crippen molar-refractivity contribution in [3.05, 3.63) is 54.3 Å². The molecule has 0 amide bonds. The predicted octanol–water partition coefficient (Wildman–Crippen LogP) is 2.38. The number of benzene rings is 1. The van der Waals surface area contributed by atoms with Crippen LogP contribution in [0.2, 0.25) is 5.02 Å². The van der Waals surface area contributed by atoms with Crippen molar-refractivity contribution in [2.24, 2.45) is 0 Å². The molecule has 5 nitrogen and oxygen atoms in total. The number of hydrogen-bond donors (Lipinski definition) is 0. The Morgan fingerprint density at radius 1 is 1.06 bits per heavy atom. The Kier molecular flexibility index (Phi) is 2.74. The van der Waals surface area contributed by atoms with Crippen LogP contribution in [0.5, 0.6) is 0 Å². The van der Waals surface area contributed by atoms with E-state index in [0.717, 1.165) is 11.3 Å². The highest BCUT2D eigenvalue weighted by Crippen LogP contribution is 2.21. The van der Waals surface area contributed by atoms with Crippen LogP contribution in [-0.2, 0) is 0 Å². The molecule has 0 aliphatic carbocycles. The van der Waals surface area contributed by atoms with E-state index in [-0.39, 0.29) is 0 Å². The molecule has 0 aliphatic rings. The average Bonchev–Trinajstić information content (AvgIpc) is 2.93. The van der Waals surface area contributed by atoms with Crippen LogP contribution in [-0.4, -0.2) is 24.7 Å². The molecule has 3 aromatic rings. The third-order valence-corrected chi connectivity index (χ3v) is 2.66. The third kappa shape index (κ3) is 2.08. The summed E-state index contributed by atoms with van der Waals surface area (Å²) in [4.78, 5) is 12.3.